The molecule has 2 aromatic rings. The van der Waals surface area contributed by atoms with Gasteiger partial charge in [-0.15, -0.1) is 11.3 Å². The molecule has 26 heavy (non-hydrogen) atoms. The number of benzene rings is 1. The minimum absolute atomic E-state index is 0.180. The summed E-state index contributed by atoms with van der Waals surface area (Å²) in [6.45, 7) is 3.93. The van der Waals surface area contributed by atoms with E-state index in [1.807, 2.05) is 36.0 Å². The largest absolute Gasteiger partial charge is 0.355 e. The average molecular weight is 390 g/mol. The molecule has 2 heterocycles. The van der Waals surface area contributed by atoms with Crippen molar-refractivity contribution in [1.82, 2.24) is 15.2 Å². The molecule has 2 fully saturated rings. The van der Waals surface area contributed by atoms with Crippen molar-refractivity contribution in [2.75, 3.05) is 19.6 Å². The van der Waals surface area contributed by atoms with E-state index < -0.39 is 0 Å². The lowest BCUT2D eigenvalue weighted by Crippen LogP contribution is -2.43. The number of thiazole rings is 1. The topological polar surface area (TPSA) is 45.2 Å². The summed E-state index contributed by atoms with van der Waals surface area (Å²) in [5, 5.41) is 3.96. The lowest BCUT2D eigenvalue weighted by molar-refractivity contribution is -0.123. The van der Waals surface area contributed by atoms with Gasteiger partial charge in [-0.05, 0) is 55.8 Å². The number of carbonyl (C=O) groups is 1. The second-order valence-corrected chi connectivity index (χ2v) is 8.92. The Kier molecular flexibility index (Phi) is 5.30. The molecule has 1 aromatic carbocycles. The summed E-state index contributed by atoms with van der Waals surface area (Å²) in [6.07, 6.45) is 6.21. The van der Waals surface area contributed by atoms with E-state index in [1.54, 1.807) is 11.3 Å². The number of likely N-dealkylation sites (tertiary alicyclic amines) is 1. The highest BCUT2D eigenvalue weighted by atomic mass is 35.5. The van der Waals surface area contributed by atoms with Gasteiger partial charge >= 0.3 is 0 Å². The first kappa shape index (κ1) is 18.0. The van der Waals surface area contributed by atoms with Gasteiger partial charge in [0.25, 0.3) is 0 Å². The highest BCUT2D eigenvalue weighted by Gasteiger charge is 2.51. The summed E-state index contributed by atoms with van der Waals surface area (Å²) >= 11 is 7.69. The third-order valence-electron chi connectivity index (χ3n) is 5.60. The number of amides is 1. The molecule has 1 unspecified atom stereocenters. The summed E-state index contributed by atoms with van der Waals surface area (Å²) < 4.78 is 0. The number of carbonyl (C=O) groups excluding carboxylic acids is 1. The molecular formula is C20H24ClN3OS. The molecule has 0 spiro atoms. The Morgan fingerprint density at radius 1 is 1.35 bits per heavy atom. The smallest absolute Gasteiger partial charge is 0.230 e. The average Bonchev–Trinajstić information content (AvgIpc) is 3.31. The van der Waals surface area contributed by atoms with Crippen molar-refractivity contribution < 1.29 is 4.79 Å². The Morgan fingerprint density at radius 3 is 2.85 bits per heavy atom. The minimum Gasteiger partial charge on any atom is -0.355 e. The fourth-order valence-electron chi connectivity index (χ4n) is 3.95. The van der Waals surface area contributed by atoms with Gasteiger partial charge in [-0.3, -0.25) is 14.7 Å². The minimum atomic E-state index is -0.318. The number of aromatic nitrogens is 1. The van der Waals surface area contributed by atoms with E-state index >= 15 is 0 Å². The number of hydrogen-bond donors (Lipinski definition) is 1. The lowest BCUT2D eigenvalue weighted by Gasteiger charge is -2.32. The van der Waals surface area contributed by atoms with Crippen LogP contribution >= 0.6 is 22.9 Å². The van der Waals surface area contributed by atoms with Gasteiger partial charge in [-0.25, -0.2) is 0 Å². The second-order valence-electron chi connectivity index (χ2n) is 7.51. The van der Waals surface area contributed by atoms with Gasteiger partial charge < -0.3 is 5.32 Å². The maximum absolute atomic E-state index is 12.8. The van der Waals surface area contributed by atoms with Crippen LogP contribution in [0.15, 0.2) is 36.0 Å². The van der Waals surface area contributed by atoms with Crippen LogP contribution in [0.3, 0.4) is 0 Å². The van der Waals surface area contributed by atoms with Crippen molar-refractivity contribution in [1.29, 1.82) is 0 Å². The number of nitrogens with one attached hydrogen (secondary N) is 1. The van der Waals surface area contributed by atoms with Crippen molar-refractivity contribution in [3.05, 3.63) is 51.4 Å². The first-order valence-electron chi connectivity index (χ1n) is 9.30. The van der Waals surface area contributed by atoms with E-state index in [2.05, 4.69) is 15.2 Å². The molecule has 1 amide bonds. The van der Waals surface area contributed by atoms with E-state index in [4.69, 9.17) is 11.6 Å². The first-order valence-corrected chi connectivity index (χ1v) is 10.6. The van der Waals surface area contributed by atoms with Gasteiger partial charge in [-0.2, -0.15) is 0 Å². The van der Waals surface area contributed by atoms with Gasteiger partial charge in [0.15, 0.2) is 0 Å². The molecule has 2 aliphatic rings. The molecule has 0 bridgehead atoms. The summed E-state index contributed by atoms with van der Waals surface area (Å²) in [5.74, 6) is 0.709. The van der Waals surface area contributed by atoms with Crippen LogP contribution in [0, 0.1) is 5.92 Å². The molecule has 1 aromatic heterocycles. The van der Waals surface area contributed by atoms with E-state index in [0.717, 1.165) is 44.6 Å². The summed E-state index contributed by atoms with van der Waals surface area (Å²) in [4.78, 5) is 20.8. The number of rotatable bonds is 6. The Hall–Kier alpha value is -1.43. The summed E-state index contributed by atoms with van der Waals surface area (Å²) in [5.41, 5.74) is 2.67. The van der Waals surface area contributed by atoms with Crippen molar-refractivity contribution >= 4 is 28.8 Å². The standard InChI is InChI=1S/C20H24ClN3OS/c21-17-5-3-16(4-6-17)20(7-8-20)19(25)23-10-15-2-1-9-24(12-15)13-18-11-22-14-26-18/h3-6,11,14-15H,1-2,7-10,12-13H2,(H,23,25). The second kappa shape index (κ2) is 7.67. The highest BCUT2D eigenvalue weighted by Crippen LogP contribution is 2.48. The van der Waals surface area contributed by atoms with E-state index in [1.165, 1.54) is 17.7 Å². The maximum atomic E-state index is 12.8. The first-order chi connectivity index (χ1) is 12.7. The zero-order chi connectivity index (χ0) is 18.0. The fraction of sp³-hybridized carbons (Fsp3) is 0.500. The van der Waals surface area contributed by atoms with Crippen LogP contribution in [0.2, 0.25) is 5.02 Å². The predicted molar refractivity (Wildman–Crippen MR) is 105 cm³/mol. The van der Waals surface area contributed by atoms with Gasteiger partial charge in [0.2, 0.25) is 5.91 Å². The van der Waals surface area contributed by atoms with Crippen LogP contribution in [0.1, 0.15) is 36.1 Å². The van der Waals surface area contributed by atoms with Gasteiger partial charge in [-0.1, -0.05) is 23.7 Å². The predicted octanol–water partition coefficient (Wildman–Crippen LogP) is 3.86. The fourth-order valence-corrected chi connectivity index (χ4v) is 4.71. The van der Waals surface area contributed by atoms with Crippen molar-refractivity contribution in [3.63, 3.8) is 0 Å². The Balaban J connectivity index is 1.30. The number of hydrogen-bond acceptors (Lipinski definition) is 4. The zero-order valence-corrected chi connectivity index (χ0v) is 16.4. The molecule has 1 saturated carbocycles. The molecule has 4 nitrogen and oxygen atoms in total. The SMILES string of the molecule is O=C(NCC1CCCN(Cc2cncs2)C1)C1(c2ccc(Cl)cc2)CC1. The molecule has 6 heteroatoms. The molecule has 1 atom stereocenters. The molecular weight excluding hydrogens is 366 g/mol. The van der Waals surface area contributed by atoms with Crippen LogP contribution in [-0.4, -0.2) is 35.4 Å². The number of piperidine rings is 1. The lowest BCUT2D eigenvalue weighted by atomic mass is 9.93. The normalized spacial score (nSPS) is 22.1. The Morgan fingerprint density at radius 2 is 2.15 bits per heavy atom. The van der Waals surface area contributed by atoms with Crippen molar-refractivity contribution in [2.45, 2.75) is 37.6 Å². The Labute approximate surface area is 163 Å². The van der Waals surface area contributed by atoms with Gasteiger partial charge in [0.05, 0.1) is 10.9 Å². The van der Waals surface area contributed by atoms with E-state index in [0.29, 0.717) is 10.9 Å². The van der Waals surface area contributed by atoms with Gasteiger partial charge in [0.1, 0.15) is 0 Å². The van der Waals surface area contributed by atoms with E-state index in [9.17, 15) is 4.79 Å². The van der Waals surface area contributed by atoms with Crippen LogP contribution in [0.5, 0.6) is 0 Å². The van der Waals surface area contributed by atoms with Crippen molar-refractivity contribution in [2.24, 2.45) is 5.92 Å². The monoisotopic (exact) mass is 389 g/mol. The van der Waals surface area contributed by atoms with Crippen LogP contribution in [0.4, 0.5) is 0 Å². The van der Waals surface area contributed by atoms with Crippen LogP contribution < -0.4 is 5.32 Å². The van der Waals surface area contributed by atoms with Gasteiger partial charge in [0, 0.05) is 35.7 Å². The molecule has 0 radical (unpaired) electrons. The maximum Gasteiger partial charge on any atom is 0.230 e. The summed E-state index contributed by atoms with van der Waals surface area (Å²) in [7, 11) is 0. The highest BCUT2D eigenvalue weighted by molar-refractivity contribution is 7.09. The number of nitrogens with zero attached hydrogens (tertiary/aromatic N) is 2. The zero-order valence-electron chi connectivity index (χ0n) is 14.8. The van der Waals surface area contributed by atoms with E-state index in [-0.39, 0.29) is 11.3 Å². The third kappa shape index (κ3) is 3.95. The molecule has 1 N–H and O–H groups in total. The molecule has 4 rings (SSSR count). The quantitative estimate of drug-likeness (QED) is 0.816. The van der Waals surface area contributed by atoms with Crippen LogP contribution in [-0.2, 0) is 16.8 Å². The van der Waals surface area contributed by atoms with Crippen LogP contribution in [0.25, 0.3) is 0 Å². The summed E-state index contributed by atoms with van der Waals surface area (Å²) in [6, 6.07) is 7.74. The number of halogens is 1. The third-order valence-corrected chi connectivity index (χ3v) is 6.62. The molecule has 1 saturated heterocycles. The molecule has 1 aliphatic carbocycles. The molecule has 1 aliphatic heterocycles. The Bertz CT molecular complexity index is 743. The van der Waals surface area contributed by atoms with Crippen molar-refractivity contribution in [3.8, 4) is 0 Å². The molecule has 138 valence electrons.